The molecule has 1 saturated heterocycles. The van der Waals surface area contributed by atoms with Crippen molar-refractivity contribution in [1.29, 1.82) is 0 Å². The summed E-state index contributed by atoms with van der Waals surface area (Å²) in [5.74, 6) is -3.30. The van der Waals surface area contributed by atoms with Gasteiger partial charge in [0.05, 0.1) is 0 Å². The van der Waals surface area contributed by atoms with E-state index in [1.54, 1.807) is 0 Å². The van der Waals surface area contributed by atoms with Crippen LogP contribution in [0.25, 0.3) is 0 Å². The predicted octanol–water partition coefficient (Wildman–Crippen LogP) is 1.79. The largest absolute Gasteiger partial charge is 0.480 e. The highest BCUT2D eigenvalue weighted by atomic mass is 19.1. The fraction of sp³-hybridized carbons (Fsp3) is 0.471. The molecule has 0 aromatic heterocycles. The predicted molar refractivity (Wildman–Crippen MR) is 85.9 cm³/mol. The number of aliphatic carboxylic acids is 1. The zero-order valence-electron chi connectivity index (χ0n) is 13.7. The van der Waals surface area contributed by atoms with Crippen LogP contribution in [0.1, 0.15) is 26.7 Å². The Morgan fingerprint density at radius 2 is 1.96 bits per heavy atom. The van der Waals surface area contributed by atoms with Gasteiger partial charge in [0, 0.05) is 12.2 Å². The fourth-order valence-corrected chi connectivity index (χ4v) is 2.77. The van der Waals surface area contributed by atoms with Crippen LogP contribution in [0, 0.1) is 17.7 Å². The smallest absolute Gasteiger partial charge is 0.326 e. The Kier molecular flexibility index (Phi) is 5.54. The van der Waals surface area contributed by atoms with E-state index in [1.165, 1.54) is 29.2 Å². The Hall–Kier alpha value is -2.44. The number of amides is 2. The molecule has 6 nitrogen and oxygen atoms in total. The van der Waals surface area contributed by atoms with E-state index < -0.39 is 35.6 Å². The van der Waals surface area contributed by atoms with Gasteiger partial charge in [-0.3, -0.25) is 9.59 Å². The summed E-state index contributed by atoms with van der Waals surface area (Å²) in [6.45, 7) is 4.06. The van der Waals surface area contributed by atoms with Gasteiger partial charge in [0.1, 0.15) is 17.8 Å². The standard InChI is InChI=1S/C17H21FN2O4/c1-10(2)9-14(17(23)24)19-15(21)13-7-8-20(16(13)22)12-5-3-11(18)4-6-12/h3-6,10,13-14H,7-9H2,1-2H3,(H,19,21)(H,23,24)/t13?,14-/m1/s1. The van der Waals surface area contributed by atoms with Crippen molar-refractivity contribution in [2.24, 2.45) is 11.8 Å². The number of carbonyl (C=O) groups is 3. The van der Waals surface area contributed by atoms with Crippen LogP contribution in [-0.2, 0) is 14.4 Å². The number of hydrogen-bond acceptors (Lipinski definition) is 3. The lowest BCUT2D eigenvalue weighted by Crippen LogP contribution is -2.46. The average Bonchev–Trinajstić information content (AvgIpc) is 2.88. The van der Waals surface area contributed by atoms with Gasteiger partial charge >= 0.3 is 5.97 Å². The van der Waals surface area contributed by atoms with E-state index in [9.17, 15) is 23.9 Å². The highest BCUT2D eigenvalue weighted by Crippen LogP contribution is 2.25. The van der Waals surface area contributed by atoms with Gasteiger partial charge in [-0.1, -0.05) is 13.8 Å². The first-order chi connectivity index (χ1) is 11.3. The second-order valence-corrected chi connectivity index (χ2v) is 6.34. The Balaban J connectivity index is 2.04. The van der Waals surface area contributed by atoms with Crippen molar-refractivity contribution in [3.8, 4) is 0 Å². The lowest BCUT2D eigenvalue weighted by Gasteiger charge is -2.19. The lowest BCUT2D eigenvalue weighted by molar-refractivity contribution is -0.144. The molecule has 1 aliphatic rings. The molecule has 2 rings (SSSR count). The molecular formula is C17H21FN2O4. The zero-order valence-corrected chi connectivity index (χ0v) is 13.7. The van der Waals surface area contributed by atoms with Gasteiger partial charge in [-0.05, 0) is 43.0 Å². The van der Waals surface area contributed by atoms with Crippen LogP contribution in [0.2, 0.25) is 0 Å². The monoisotopic (exact) mass is 336 g/mol. The molecule has 1 aromatic rings. The normalized spacial score (nSPS) is 18.8. The molecule has 2 amide bonds. The van der Waals surface area contributed by atoms with Crippen LogP contribution in [0.3, 0.4) is 0 Å². The summed E-state index contributed by atoms with van der Waals surface area (Å²) in [5.41, 5.74) is 0.522. The van der Waals surface area contributed by atoms with E-state index in [0.29, 0.717) is 25.1 Å². The Labute approximate surface area is 139 Å². The molecular weight excluding hydrogens is 315 g/mol. The first-order valence-electron chi connectivity index (χ1n) is 7.89. The number of rotatable bonds is 6. The number of anilines is 1. The molecule has 24 heavy (non-hydrogen) atoms. The minimum absolute atomic E-state index is 0.0985. The molecule has 1 aromatic carbocycles. The Morgan fingerprint density at radius 1 is 1.33 bits per heavy atom. The molecule has 0 spiro atoms. The van der Waals surface area contributed by atoms with Crippen molar-refractivity contribution in [2.45, 2.75) is 32.7 Å². The van der Waals surface area contributed by atoms with E-state index in [2.05, 4.69) is 5.32 Å². The quantitative estimate of drug-likeness (QED) is 0.776. The van der Waals surface area contributed by atoms with Gasteiger partial charge in [0.15, 0.2) is 0 Å². The summed E-state index contributed by atoms with van der Waals surface area (Å²) >= 11 is 0. The first-order valence-corrected chi connectivity index (χ1v) is 7.89. The summed E-state index contributed by atoms with van der Waals surface area (Å²) in [6, 6.07) is 4.45. The minimum atomic E-state index is -1.11. The van der Waals surface area contributed by atoms with Crippen LogP contribution in [-0.4, -0.2) is 35.5 Å². The number of hydrogen-bond donors (Lipinski definition) is 2. The SMILES string of the molecule is CC(C)C[C@@H](NC(=O)C1CCN(c2ccc(F)cc2)C1=O)C(=O)O. The van der Waals surface area contributed by atoms with Crippen LogP contribution in [0.5, 0.6) is 0 Å². The first kappa shape index (κ1) is 17.9. The van der Waals surface area contributed by atoms with Crippen LogP contribution >= 0.6 is 0 Å². The third-order valence-corrected chi connectivity index (χ3v) is 3.98. The molecule has 1 fully saturated rings. The van der Waals surface area contributed by atoms with Crippen LogP contribution in [0.4, 0.5) is 10.1 Å². The average molecular weight is 336 g/mol. The third-order valence-electron chi connectivity index (χ3n) is 3.98. The molecule has 0 saturated carbocycles. The molecule has 1 unspecified atom stereocenters. The number of nitrogens with zero attached hydrogens (tertiary/aromatic N) is 1. The summed E-state index contributed by atoms with van der Waals surface area (Å²) < 4.78 is 13.0. The van der Waals surface area contributed by atoms with Gasteiger partial charge in [0.25, 0.3) is 0 Å². The van der Waals surface area contributed by atoms with Crippen molar-refractivity contribution in [3.63, 3.8) is 0 Å². The maximum Gasteiger partial charge on any atom is 0.326 e. The van der Waals surface area contributed by atoms with Crippen molar-refractivity contribution in [3.05, 3.63) is 30.1 Å². The van der Waals surface area contributed by atoms with E-state index in [4.69, 9.17) is 0 Å². The number of halogens is 1. The molecule has 0 aliphatic carbocycles. The highest BCUT2D eigenvalue weighted by Gasteiger charge is 2.39. The number of benzene rings is 1. The van der Waals surface area contributed by atoms with Crippen molar-refractivity contribution >= 4 is 23.5 Å². The second-order valence-electron chi connectivity index (χ2n) is 6.34. The summed E-state index contributed by atoms with van der Waals surface area (Å²) in [6.07, 6.45) is 0.597. The molecule has 1 heterocycles. The third kappa shape index (κ3) is 4.10. The van der Waals surface area contributed by atoms with Crippen molar-refractivity contribution in [2.75, 3.05) is 11.4 Å². The number of carboxylic acid groups (broad SMARTS) is 1. The summed E-state index contributed by atoms with van der Waals surface area (Å²) in [5, 5.41) is 11.6. The maximum atomic E-state index is 13.0. The Morgan fingerprint density at radius 3 is 2.50 bits per heavy atom. The van der Waals surface area contributed by atoms with Gasteiger partial charge in [0.2, 0.25) is 11.8 Å². The second kappa shape index (κ2) is 7.42. The molecule has 2 atom stereocenters. The van der Waals surface area contributed by atoms with Crippen LogP contribution in [0.15, 0.2) is 24.3 Å². The van der Waals surface area contributed by atoms with E-state index in [1.807, 2.05) is 13.8 Å². The fourth-order valence-electron chi connectivity index (χ4n) is 2.77. The number of nitrogens with one attached hydrogen (secondary N) is 1. The Bertz CT molecular complexity index is 630. The summed E-state index contributed by atoms with van der Waals surface area (Å²) in [7, 11) is 0. The van der Waals surface area contributed by atoms with E-state index in [-0.39, 0.29) is 5.92 Å². The van der Waals surface area contributed by atoms with Gasteiger partial charge < -0.3 is 15.3 Å². The lowest BCUT2D eigenvalue weighted by atomic mass is 10.0. The van der Waals surface area contributed by atoms with E-state index in [0.717, 1.165) is 0 Å². The molecule has 0 radical (unpaired) electrons. The minimum Gasteiger partial charge on any atom is -0.480 e. The van der Waals surface area contributed by atoms with Gasteiger partial charge in [-0.25, -0.2) is 9.18 Å². The maximum absolute atomic E-state index is 13.0. The molecule has 7 heteroatoms. The molecule has 1 aliphatic heterocycles. The van der Waals surface area contributed by atoms with Crippen molar-refractivity contribution < 1.29 is 23.9 Å². The van der Waals surface area contributed by atoms with Crippen LogP contribution < -0.4 is 10.2 Å². The highest BCUT2D eigenvalue weighted by molar-refractivity contribution is 6.10. The number of carbonyl (C=O) groups excluding carboxylic acids is 2. The van der Waals surface area contributed by atoms with Gasteiger partial charge in [-0.2, -0.15) is 0 Å². The summed E-state index contributed by atoms with van der Waals surface area (Å²) in [4.78, 5) is 37.4. The number of carboxylic acids is 1. The van der Waals surface area contributed by atoms with Gasteiger partial charge in [-0.15, -0.1) is 0 Å². The zero-order chi connectivity index (χ0) is 17.9. The molecule has 2 N–H and O–H groups in total. The molecule has 0 bridgehead atoms. The van der Waals surface area contributed by atoms with E-state index >= 15 is 0 Å². The van der Waals surface area contributed by atoms with Crippen molar-refractivity contribution in [1.82, 2.24) is 5.32 Å². The topological polar surface area (TPSA) is 86.7 Å². The molecule has 130 valence electrons.